The summed E-state index contributed by atoms with van der Waals surface area (Å²) < 4.78 is 19.1. The molecule has 0 amide bonds. The van der Waals surface area contributed by atoms with Crippen LogP contribution in [-0.4, -0.2) is 11.8 Å². The summed E-state index contributed by atoms with van der Waals surface area (Å²) >= 11 is 0. The highest BCUT2D eigenvalue weighted by Crippen LogP contribution is 2.51. The Morgan fingerprint density at radius 1 is 1.33 bits per heavy atom. The van der Waals surface area contributed by atoms with E-state index in [0.717, 1.165) is 32.1 Å². The van der Waals surface area contributed by atoms with Gasteiger partial charge in [0.25, 0.3) is 5.85 Å². The second-order valence-corrected chi connectivity index (χ2v) is 5.01. The second kappa shape index (κ2) is 3.76. The summed E-state index contributed by atoms with van der Waals surface area (Å²) in [4.78, 5) is 11.7. The van der Waals surface area contributed by atoms with E-state index in [-0.39, 0.29) is 11.4 Å². The van der Waals surface area contributed by atoms with Gasteiger partial charge in [0, 0.05) is 12.8 Å². The number of carbonyl (C=O) groups is 1. The van der Waals surface area contributed by atoms with Crippen LogP contribution in [0.3, 0.4) is 0 Å². The van der Waals surface area contributed by atoms with Gasteiger partial charge in [0.05, 0.1) is 5.41 Å². The van der Waals surface area contributed by atoms with Crippen molar-refractivity contribution >= 4 is 5.97 Å². The van der Waals surface area contributed by atoms with Gasteiger partial charge in [-0.25, -0.2) is 0 Å². The van der Waals surface area contributed by atoms with E-state index in [4.69, 9.17) is 4.74 Å². The topological polar surface area (TPSA) is 26.3 Å². The third-order valence-corrected chi connectivity index (χ3v) is 3.90. The van der Waals surface area contributed by atoms with Crippen LogP contribution in [0.5, 0.6) is 0 Å². The van der Waals surface area contributed by atoms with E-state index in [2.05, 4.69) is 0 Å². The summed E-state index contributed by atoms with van der Waals surface area (Å²) in [6, 6.07) is 0. The van der Waals surface area contributed by atoms with Gasteiger partial charge in [-0.3, -0.25) is 4.79 Å². The maximum absolute atomic E-state index is 14.1. The predicted molar refractivity (Wildman–Crippen MR) is 55.0 cm³/mol. The summed E-state index contributed by atoms with van der Waals surface area (Å²) in [6.07, 6.45) is 6.07. The fourth-order valence-electron chi connectivity index (χ4n) is 2.53. The molecule has 2 aliphatic rings. The monoisotopic (exact) mass is 214 g/mol. The molecule has 0 N–H and O–H groups in total. The number of hydrogen-bond donors (Lipinski definition) is 0. The van der Waals surface area contributed by atoms with E-state index in [1.807, 2.05) is 6.92 Å². The summed E-state index contributed by atoms with van der Waals surface area (Å²) in [5.74, 6) is -1.94. The quantitative estimate of drug-likeness (QED) is 0.673. The van der Waals surface area contributed by atoms with Crippen LogP contribution in [0, 0.1) is 5.41 Å². The van der Waals surface area contributed by atoms with Gasteiger partial charge in [-0.15, -0.1) is 0 Å². The minimum absolute atomic E-state index is 0.279. The summed E-state index contributed by atoms with van der Waals surface area (Å²) in [5.41, 5.74) is -0.290. The van der Waals surface area contributed by atoms with Crippen LogP contribution in [0.1, 0.15) is 58.3 Å². The molecule has 0 aromatic rings. The Bertz CT molecular complexity index is 260. The van der Waals surface area contributed by atoms with E-state index in [0.29, 0.717) is 19.3 Å². The highest BCUT2D eigenvalue weighted by molar-refractivity contribution is 5.79. The predicted octanol–water partition coefficient (Wildman–Crippen LogP) is 3.35. The molecule has 3 heteroatoms. The maximum Gasteiger partial charge on any atom is 0.314 e. The number of carbonyl (C=O) groups excluding carboxylic acids is 1. The van der Waals surface area contributed by atoms with Gasteiger partial charge in [0.1, 0.15) is 0 Å². The van der Waals surface area contributed by atoms with Crippen molar-refractivity contribution in [3.63, 3.8) is 0 Å². The highest BCUT2D eigenvalue weighted by Gasteiger charge is 2.53. The number of unbranched alkanes of at least 4 members (excludes halogenated alkanes) is 1. The molecule has 1 saturated heterocycles. The van der Waals surface area contributed by atoms with Crippen LogP contribution in [0.15, 0.2) is 0 Å². The molecule has 1 aliphatic heterocycles. The Morgan fingerprint density at radius 3 is 2.53 bits per heavy atom. The van der Waals surface area contributed by atoms with Crippen LogP contribution in [-0.2, 0) is 9.53 Å². The second-order valence-electron chi connectivity index (χ2n) is 5.01. The third-order valence-electron chi connectivity index (χ3n) is 3.90. The molecule has 0 radical (unpaired) electrons. The molecule has 0 bridgehead atoms. The van der Waals surface area contributed by atoms with Crippen LogP contribution >= 0.6 is 0 Å². The van der Waals surface area contributed by atoms with Crippen molar-refractivity contribution in [2.24, 2.45) is 5.41 Å². The molecular weight excluding hydrogens is 195 g/mol. The first-order valence-electron chi connectivity index (χ1n) is 6.03. The Hall–Kier alpha value is -0.600. The van der Waals surface area contributed by atoms with Gasteiger partial charge >= 0.3 is 5.97 Å². The summed E-state index contributed by atoms with van der Waals surface area (Å²) in [6.45, 7) is 2.02. The lowest BCUT2D eigenvalue weighted by Gasteiger charge is -2.46. The van der Waals surface area contributed by atoms with Gasteiger partial charge in [-0.1, -0.05) is 19.8 Å². The number of hydrogen-bond acceptors (Lipinski definition) is 2. The number of ether oxygens (including phenoxy) is 1. The van der Waals surface area contributed by atoms with Crippen molar-refractivity contribution in [3.05, 3.63) is 0 Å². The van der Waals surface area contributed by atoms with Crippen molar-refractivity contribution in [1.29, 1.82) is 0 Å². The first-order chi connectivity index (χ1) is 7.10. The summed E-state index contributed by atoms with van der Waals surface area (Å²) in [7, 11) is 0. The Balaban J connectivity index is 1.95. The maximum atomic E-state index is 14.1. The van der Waals surface area contributed by atoms with Crippen LogP contribution in [0.25, 0.3) is 0 Å². The number of cyclic esters (lactones) is 1. The first kappa shape index (κ1) is 10.9. The Morgan fingerprint density at radius 2 is 2.07 bits per heavy atom. The minimum Gasteiger partial charge on any atom is -0.428 e. The van der Waals surface area contributed by atoms with E-state index in [1.165, 1.54) is 0 Å². The van der Waals surface area contributed by atoms with Gasteiger partial charge in [-0.2, -0.15) is 4.39 Å². The van der Waals surface area contributed by atoms with Gasteiger partial charge in [0.15, 0.2) is 0 Å². The molecular formula is C12H19FO2. The van der Waals surface area contributed by atoms with Crippen LogP contribution in [0.2, 0.25) is 0 Å². The average molecular weight is 214 g/mol. The molecule has 1 unspecified atom stereocenters. The molecule has 15 heavy (non-hydrogen) atoms. The molecule has 0 aromatic heterocycles. The lowest BCUT2D eigenvalue weighted by molar-refractivity contribution is -0.222. The van der Waals surface area contributed by atoms with Gasteiger partial charge < -0.3 is 4.74 Å². The molecule has 1 aliphatic carbocycles. The molecule has 2 rings (SSSR count). The normalized spacial score (nSPS) is 33.6. The van der Waals surface area contributed by atoms with Crippen molar-refractivity contribution < 1.29 is 13.9 Å². The van der Waals surface area contributed by atoms with Crippen molar-refractivity contribution in [3.8, 4) is 0 Å². The number of esters is 1. The van der Waals surface area contributed by atoms with Crippen LogP contribution in [0.4, 0.5) is 4.39 Å². The average Bonchev–Trinajstić information content (AvgIpc) is 2.13. The number of alkyl halides is 1. The van der Waals surface area contributed by atoms with Gasteiger partial charge in [-0.05, 0) is 25.7 Å². The zero-order chi connectivity index (χ0) is 10.9. The standard InChI is InChI=1S/C12H19FO2/c1-2-3-7-12(13)9-8-11(5-4-6-11)10(14)15-12/h2-9H2,1H3. The highest BCUT2D eigenvalue weighted by atomic mass is 19.2. The third kappa shape index (κ3) is 1.88. The molecule has 1 saturated carbocycles. The first-order valence-corrected chi connectivity index (χ1v) is 6.03. The SMILES string of the molecule is CCCCC1(F)CCC2(CCC2)C(=O)O1. The Kier molecular flexibility index (Phi) is 2.73. The number of halogens is 1. The fourth-order valence-corrected chi connectivity index (χ4v) is 2.53. The van der Waals surface area contributed by atoms with E-state index >= 15 is 0 Å². The van der Waals surface area contributed by atoms with Crippen molar-refractivity contribution in [2.45, 2.75) is 64.1 Å². The molecule has 1 heterocycles. The molecule has 2 fully saturated rings. The molecule has 1 spiro atoms. The van der Waals surface area contributed by atoms with E-state index < -0.39 is 5.85 Å². The lowest BCUT2D eigenvalue weighted by atomic mass is 9.64. The number of rotatable bonds is 3. The molecule has 0 aromatic carbocycles. The van der Waals surface area contributed by atoms with Crippen molar-refractivity contribution in [2.75, 3.05) is 0 Å². The smallest absolute Gasteiger partial charge is 0.314 e. The molecule has 1 atom stereocenters. The van der Waals surface area contributed by atoms with E-state index in [1.54, 1.807) is 0 Å². The molecule has 86 valence electrons. The van der Waals surface area contributed by atoms with Crippen molar-refractivity contribution in [1.82, 2.24) is 0 Å². The zero-order valence-corrected chi connectivity index (χ0v) is 9.35. The largest absolute Gasteiger partial charge is 0.428 e. The Labute approximate surface area is 90.2 Å². The lowest BCUT2D eigenvalue weighted by Crippen LogP contribution is -2.49. The zero-order valence-electron chi connectivity index (χ0n) is 9.35. The molecule has 2 nitrogen and oxygen atoms in total. The fraction of sp³-hybridized carbons (Fsp3) is 0.917. The summed E-state index contributed by atoms with van der Waals surface area (Å²) in [5, 5.41) is 0. The van der Waals surface area contributed by atoms with Gasteiger partial charge in [0.2, 0.25) is 0 Å². The van der Waals surface area contributed by atoms with E-state index in [9.17, 15) is 9.18 Å². The minimum atomic E-state index is -1.66. The van der Waals surface area contributed by atoms with Crippen LogP contribution < -0.4 is 0 Å².